The molecule has 0 spiro atoms. The third kappa shape index (κ3) is 3.59. The first-order valence-electron chi connectivity index (χ1n) is 8.11. The van der Waals surface area contributed by atoms with Gasteiger partial charge in [-0.1, -0.05) is 19.1 Å². The molecule has 1 atom stereocenters. The number of fused-ring (bicyclic) bond motifs is 1. The van der Waals surface area contributed by atoms with Crippen LogP contribution in [-0.4, -0.2) is 13.7 Å². The summed E-state index contributed by atoms with van der Waals surface area (Å²) in [6.07, 6.45) is 1.56. The fourth-order valence-electron chi connectivity index (χ4n) is 2.99. The summed E-state index contributed by atoms with van der Waals surface area (Å²) in [5.41, 5.74) is 3.29. The van der Waals surface area contributed by atoms with Crippen LogP contribution in [0.1, 0.15) is 24.5 Å². The molecule has 1 unspecified atom stereocenters. The average molecular weight is 466 g/mol. The van der Waals surface area contributed by atoms with Crippen LogP contribution in [0.15, 0.2) is 42.5 Å². The summed E-state index contributed by atoms with van der Waals surface area (Å²) in [4.78, 5) is 2.11. The molecule has 0 amide bonds. The van der Waals surface area contributed by atoms with Gasteiger partial charge in [-0.25, -0.2) is 0 Å². The van der Waals surface area contributed by atoms with Crippen molar-refractivity contribution in [3.05, 3.63) is 53.6 Å². The van der Waals surface area contributed by atoms with E-state index < -0.39 is 5.60 Å². The van der Waals surface area contributed by atoms with E-state index in [0.29, 0.717) is 18.8 Å². The smallest absolute Gasteiger partial charge is 0.201 e. The predicted molar refractivity (Wildman–Crippen MR) is 110 cm³/mol. The zero-order valence-electron chi connectivity index (χ0n) is 14.2. The molecule has 3 rings (SSSR count). The Hall–Kier alpha value is -1.43. The molecule has 1 aliphatic rings. The highest BCUT2D eigenvalue weighted by molar-refractivity contribution is 14.2. The van der Waals surface area contributed by atoms with Crippen LogP contribution in [0, 0.1) is 11.3 Å². The molecule has 0 saturated carbocycles. The minimum atomic E-state index is -0.945. The van der Waals surface area contributed by atoms with Gasteiger partial charge in [-0.15, -0.1) is 0 Å². The maximum atomic E-state index is 9.67. The minimum Gasteiger partial charge on any atom is -0.493 e. The lowest BCUT2D eigenvalue weighted by atomic mass is 9.89. The molecular weight excluding hydrogens is 447 g/mol. The van der Waals surface area contributed by atoms with Gasteiger partial charge in [0.2, 0.25) is 5.60 Å². The molecule has 0 saturated heterocycles. The van der Waals surface area contributed by atoms with Crippen LogP contribution in [0.3, 0.4) is 0 Å². The van der Waals surface area contributed by atoms with Gasteiger partial charge in [-0.05, 0) is 36.2 Å². The van der Waals surface area contributed by atoms with E-state index in [1.54, 1.807) is 0 Å². The van der Waals surface area contributed by atoms with E-state index in [0.717, 1.165) is 23.4 Å². The summed E-state index contributed by atoms with van der Waals surface area (Å²) in [5, 5.41) is 9.67. The van der Waals surface area contributed by atoms with Crippen molar-refractivity contribution in [2.45, 2.75) is 25.4 Å². The Labute approximate surface area is 164 Å². The molecule has 2 aromatic carbocycles. The molecule has 0 radical (unpaired) electrons. The number of aryl methyl sites for hydroxylation is 1. The number of nitrogens with zero attached hydrogens (tertiary/aromatic N) is 2. The minimum absolute atomic E-state index is 0.468. The molecule has 4 nitrogen and oxygen atoms in total. The Bertz CT molecular complexity index is 791. The number of halogens is 1. The first kappa shape index (κ1) is 18.4. The van der Waals surface area contributed by atoms with Gasteiger partial charge < -0.3 is 9.64 Å². The number of nitriles is 1. The molecular formula is C19H19IN2O2S. The van der Waals surface area contributed by atoms with E-state index in [4.69, 9.17) is 8.92 Å². The molecule has 0 fully saturated rings. The van der Waals surface area contributed by atoms with Crippen LogP contribution in [-0.2, 0) is 16.2 Å². The molecule has 0 N–H and O–H groups in total. The van der Waals surface area contributed by atoms with E-state index >= 15 is 0 Å². The van der Waals surface area contributed by atoms with Crippen LogP contribution < -0.4 is 9.64 Å². The number of rotatable bonds is 5. The Morgan fingerprint density at radius 3 is 2.64 bits per heavy atom. The van der Waals surface area contributed by atoms with Crippen LogP contribution in [0.25, 0.3) is 0 Å². The van der Waals surface area contributed by atoms with Gasteiger partial charge in [0.05, 0.1) is 15.8 Å². The first-order valence-corrected chi connectivity index (χ1v) is 11.4. The summed E-state index contributed by atoms with van der Waals surface area (Å²) in [6, 6.07) is 16.8. The quantitative estimate of drug-likeness (QED) is 0.428. The van der Waals surface area contributed by atoms with E-state index in [9.17, 15) is 5.26 Å². The number of ether oxygens (including phenoxy) is 1. The lowest BCUT2D eigenvalue weighted by Gasteiger charge is -2.32. The van der Waals surface area contributed by atoms with Crippen LogP contribution in [0.4, 0.5) is 11.4 Å². The Morgan fingerprint density at radius 1 is 1.28 bits per heavy atom. The van der Waals surface area contributed by atoms with Crippen molar-refractivity contribution in [1.29, 1.82) is 5.26 Å². The van der Waals surface area contributed by atoms with E-state index in [2.05, 4.69) is 42.2 Å². The lowest BCUT2D eigenvalue weighted by Crippen LogP contribution is -2.32. The van der Waals surface area contributed by atoms with Gasteiger partial charge >= 0.3 is 0 Å². The second-order valence-electron chi connectivity index (χ2n) is 5.94. The first-order chi connectivity index (χ1) is 12.1. The van der Waals surface area contributed by atoms with Gasteiger partial charge in [0.1, 0.15) is 11.8 Å². The van der Waals surface area contributed by atoms with E-state index in [-0.39, 0.29) is 0 Å². The van der Waals surface area contributed by atoms with Gasteiger partial charge in [-0.3, -0.25) is 4.18 Å². The van der Waals surface area contributed by atoms with Crippen molar-refractivity contribution in [3.63, 3.8) is 0 Å². The topological polar surface area (TPSA) is 45.5 Å². The maximum Gasteiger partial charge on any atom is 0.201 e. The van der Waals surface area contributed by atoms with Crippen molar-refractivity contribution >= 4 is 41.8 Å². The highest BCUT2D eigenvalue weighted by Gasteiger charge is 2.40. The van der Waals surface area contributed by atoms with Gasteiger partial charge in [0.15, 0.2) is 0 Å². The molecule has 6 heteroatoms. The highest BCUT2D eigenvalue weighted by Crippen LogP contribution is 2.44. The van der Waals surface area contributed by atoms with Crippen molar-refractivity contribution in [3.8, 4) is 11.8 Å². The fraction of sp³-hybridized carbons (Fsp3) is 0.316. The standard InChI is InChI=1S/C19H19IN2O2S/c1-3-14-4-6-15(7-5-14)22(2)16-8-9-17-18(12-16)23-11-10-19(17,13-21)24-25-20/h4-9,12H,3,10-11H2,1-2H3. The number of hydrogen-bond acceptors (Lipinski definition) is 5. The second-order valence-corrected chi connectivity index (χ2v) is 7.31. The molecule has 130 valence electrons. The normalized spacial score (nSPS) is 18.8. The molecule has 0 aliphatic carbocycles. The second kappa shape index (κ2) is 7.85. The molecule has 0 aromatic heterocycles. The van der Waals surface area contributed by atoms with E-state index in [1.807, 2.05) is 46.5 Å². The van der Waals surface area contributed by atoms with Crippen LogP contribution in [0.2, 0.25) is 0 Å². The summed E-state index contributed by atoms with van der Waals surface area (Å²) in [7, 11) is 3.22. The fourth-order valence-corrected chi connectivity index (χ4v) is 4.23. The van der Waals surface area contributed by atoms with Crippen molar-refractivity contribution in [1.82, 2.24) is 0 Å². The molecule has 1 heterocycles. The summed E-state index contributed by atoms with van der Waals surface area (Å²) in [6.45, 7) is 2.62. The number of benzene rings is 2. The molecule has 1 aliphatic heterocycles. The number of hydrogen-bond donors (Lipinski definition) is 0. The predicted octanol–water partition coefficient (Wildman–Crippen LogP) is 5.53. The average Bonchev–Trinajstić information content (AvgIpc) is 2.67. The number of anilines is 2. The summed E-state index contributed by atoms with van der Waals surface area (Å²) >= 11 is 2.05. The zero-order valence-corrected chi connectivity index (χ0v) is 17.1. The van der Waals surface area contributed by atoms with Crippen LogP contribution in [0.5, 0.6) is 5.75 Å². The van der Waals surface area contributed by atoms with Crippen molar-refractivity contribution in [2.24, 2.45) is 0 Å². The zero-order chi connectivity index (χ0) is 17.9. The highest BCUT2D eigenvalue weighted by atomic mass is 127. The third-order valence-electron chi connectivity index (χ3n) is 4.59. The largest absolute Gasteiger partial charge is 0.493 e. The van der Waals surface area contributed by atoms with Crippen LogP contribution >= 0.6 is 30.4 Å². The van der Waals surface area contributed by atoms with Crippen molar-refractivity contribution < 1.29 is 8.92 Å². The van der Waals surface area contributed by atoms with E-state index in [1.165, 1.54) is 14.8 Å². The lowest BCUT2D eigenvalue weighted by molar-refractivity contribution is 0.0978. The Balaban J connectivity index is 1.94. The molecule has 2 aromatic rings. The van der Waals surface area contributed by atoms with Crippen molar-refractivity contribution in [2.75, 3.05) is 18.6 Å². The SMILES string of the molecule is CCc1ccc(N(C)c2ccc3c(c2)OCCC3(C#N)OSI)cc1. The molecule has 0 bridgehead atoms. The third-order valence-corrected chi connectivity index (χ3v) is 5.47. The summed E-state index contributed by atoms with van der Waals surface area (Å²) < 4.78 is 11.5. The maximum absolute atomic E-state index is 9.67. The van der Waals surface area contributed by atoms with Gasteiger partial charge in [0.25, 0.3) is 0 Å². The summed E-state index contributed by atoms with van der Waals surface area (Å²) in [5.74, 6) is 0.716. The van der Waals surface area contributed by atoms with Gasteiger partial charge in [-0.2, -0.15) is 5.26 Å². The Kier molecular flexibility index (Phi) is 5.77. The van der Waals surface area contributed by atoms with Gasteiger partial charge in [0, 0.05) is 57.7 Å². The molecule has 25 heavy (non-hydrogen) atoms. The Morgan fingerprint density at radius 2 is 2.00 bits per heavy atom. The monoisotopic (exact) mass is 466 g/mol.